The van der Waals surface area contributed by atoms with Crippen LogP contribution in [0.25, 0.3) is 0 Å². The molecule has 4 heteroatoms. The Labute approximate surface area is 93.6 Å². The summed E-state index contributed by atoms with van der Waals surface area (Å²) in [7, 11) is -1.52. The Morgan fingerprint density at radius 3 is 2.60 bits per heavy atom. The van der Waals surface area contributed by atoms with E-state index in [2.05, 4.69) is 26.6 Å². The maximum Gasteiger partial charge on any atom is 0.330 e. The van der Waals surface area contributed by atoms with Gasteiger partial charge in [0.1, 0.15) is 6.61 Å². The van der Waals surface area contributed by atoms with E-state index in [0.717, 1.165) is 0 Å². The third-order valence-corrected chi connectivity index (χ3v) is 4.66. The molecule has 0 aliphatic rings. The van der Waals surface area contributed by atoms with Crippen LogP contribution >= 0.6 is 0 Å². The molecule has 0 fully saturated rings. The molecule has 0 aliphatic heterocycles. The topological polar surface area (TPSA) is 35.5 Å². The van der Waals surface area contributed by atoms with Gasteiger partial charge in [-0.3, -0.25) is 0 Å². The smallest absolute Gasteiger partial charge is 0.330 e. The Balaban J connectivity index is 3.56. The van der Waals surface area contributed by atoms with Crippen LogP contribution in [0.15, 0.2) is 12.7 Å². The molecular weight excluding hydrogens is 208 g/mol. The molecule has 0 heterocycles. The number of hydrogen-bond donors (Lipinski definition) is 0. The lowest BCUT2D eigenvalue weighted by molar-refractivity contribution is -0.138. The number of hydrogen-bond acceptors (Lipinski definition) is 3. The molecular formula is C11H22O3Si. The second kappa shape index (κ2) is 7.65. The minimum atomic E-state index is -1.52. The number of unbranched alkanes of at least 4 members (excludes halogenated alkanes) is 1. The fourth-order valence-electron chi connectivity index (χ4n) is 1.19. The minimum Gasteiger partial charge on any atom is -0.460 e. The number of carbonyl (C=O) groups is 1. The van der Waals surface area contributed by atoms with Crippen molar-refractivity contribution in [2.75, 3.05) is 13.2 Å². The van der Waals surface area contributed by atoms with Gasteiger partial charge >= 0.3 is 5.97 Å². The number of rotatable bonds is 8. The summed E-state index contributed by atoms with van der Waals surface area (Å²) in [6.45, 7) is 10.7. The van der Waals surface area contributed by atoms with Crippen molar-refractivity contribution in [2.24, 2.45) is 0 Å². The van der Waals surface area contributed by atoms with Crippen LogP contribution in [0.3, 0.4) is 0 Å². The number of carbonyl (C=O) groups excluding carboxylic acids is 1. The Kier molecular flexibility index (Phi) is 7.34. The van der Waals surface area contributed by atoms with Crippen LogP contribution in [-0.4, -0.2) is 27.5 Å². The maximum atomic E-state index is 10.7. The van der Waals surface area contributed by atoms with Gasteiger partial charge in [-0.1, -0.05) is 26.3 Å². The van der Waals surface area contributed by atoms with Crippen molar-refractivity contribution < 1.29 is 14.0 Å². The molecule has 0 N–H and O–H groups in total. The van der Waals surface area contributed by atoms with E-state index >= 15 is 0 Å². The van der Waals surface area contributed by atoms with Gasteiger partial charge in [0, 0.05) is 6.08 Å². The van der Waals surface area contributed by atoms with Crippen molar-refractivity contribution in [1.29, 1.82) is 0 Å². The highest BCUT2D eigenvalue weighted by atomic mass is 28.4. The van der Waals surface area contributed by atoms with Crippen molar-refractivity contribution in [1.82, 2.24) is 0 Å². The molecule has 0 aromatic carbocycles. The molecule has 3 nitrogen and oxygen atoms in total. The van der Waals surface area contributed by atoms with Crippen molar-refractivity contribution >= 4 is 14.3 Å². The third-order valence-electron chi connectivity index (χ3n) is 2.12. The molecule has 0 bridgehead atoms. The zero-order chi connectivity index (χ0) is 11.7. The minimum absolute atomic E-state index is 0.327. The molecule has 88 valence electrons. The highest BCUT2D eigenvalue weighted by Gasteiger charge is 2.21. The fraction of sp³-hybridized carbons (Fsp3) is 0.727. The standard InChI is InChI=1S/C11H22O3Si/c1-5-7-10-15(3,4)14-9-8-13-11(12)6-2/h6H,2,5,7-10H2,1,3-4H3. The first-order chi connectivity index (χ1) is 7.02. The Bertz CT molecular complexity index is 202. The van der Waals surface area contributed by atoms with Crippen LogP contribution in [0.4, 0.5) is 0 Å². The Morgan fingerprint density at radius 2 is 2.07 bits per heavy atom. The van der Waals surface area contributed by atoms with E-state index < -0.39 is 8.32 Å². The van der Waals surface area contributed by atoms with Gasteiger partial charge in [-0.05, 0) is 19.1 Å². The van der Waals surface area contributed by atoms with Gasteiger partial charge in [0.2, 0.25) is 0 Å². The highest BCUT2D eigenvalue weighted by molar-refractivity contribution is 6.71. The summed E-state index contributed by atoms with van der Waals surface area (Å²) in [5.74, 6) is -0.383. The lowest BCUT2D eigenvalue weighted by Gasteiger charge is -2.22. The van der Waals surface area contributed by atoms with Crippen LogP contribution in [0.5, 0.6) is 0 Å². The normalized spacial score (nSPS) is 11.1. The molecule has 0 aliphatic carbocycles. The van der Waals surface area contributed by atoms with E-state index in [1.807, 2.05) is 0 Å². The largest absolute Gasteiger partial charge is 0.460 e. The SMILES string of the molecule is C=CC(=O)OCCO[Si](C)(C)CCCC. The van der Waals surface area contributed by atoms with Gasteiger partial charge in [0.15, 0.2) is 8.32 Å². The molecule has 0 spiro atoms. The van der Waals surface area contributed by atoms with Gasteiger partial charge in [-0.2, -0.15) is 0 Å². The number of ether oxygens (including phenoxy) is 1. The number of esters is 1. The van der Waals surface area contributed by atoms with Crippen LogP contribution in [-0.2, 0) is 14.0 Å². The van der Waals surface area contributed by atoms with Gasteiger partial charge in [-0.25, -0.2) is 4.79 Å². The quantitative estimate of drug-likeness (QED) is 0.278. The molecule has 0 atom stereocenters. The predicted octanol–water partition coefficient (Wildman–Crippen LogP) is 2.74. The zero-order valence-electron chi connectivity index (χ0n) is 10.0. The first-order valence-electron chi connectivity index (χ1n) is 5.45. The maximum absolute atomic E-state index is 10.7. The van der Waals surface area contributed by atoms with Crippen LogP contribution in [0.1, 0.15) is 19.8 Å². The van der Waals surface area contributed by atoms with Gasteiger partial charge in [-0.15, -0.1) is 0 Å². The lowest BCUT2D eigenvalue weighted by atomic mass is 10.4. The second-order valence-corrected chi connectivity index (χ2v) is 8.39. The molecule has 0 saturated heterocycles. The molecule has 15 heavy (non-hydrogen) atoms. The van der Waals surface area contributed by atoms with Gasteiger partial charge in [0.05, 0.1) is 6.61 Å². The molecule has 0 amide bonds. The van der Waals surface area contributed by atoms with E-state index in [4.69, 9.17) is 9.16 Å². The molecule has 0 rings (SSSR count). The van der Waals surface area contributed by atoms with Gasteiger partial charge in [0.25, 0.3) is 0 Å². The Hall–Kier alpha value is -0.613. The summed E-state index contributed by atoms with van der Waals surface area (Å²) >= 11 is 0. The molecule has 0 unspecified atom stereocenters. The van der Waals surface area contributed by atoms with Gasteiger partial charge < -0.3 is 9.16 Å². The average Bonchev–Trinajstić information content (AvgIpc) is 2.21. The molecule has 0 aromatic rings. The molecule has 0 saturated carbocycles. The first kappa shape index (κ1) is 14.4. The van der Waals surface area contributed by atoms with E-state index in [1.54, 1.807) is 0 Å². The third kappa shape index (κ3) is 8.39. The Morgan fingerprint density at radius 1 is 1.40 bits per heavy atom. The summed E-state index contributed by atoms with van der Waals surface area (Å²) in [6.07, 6.45) is 3.58. The molecule has 0 aromatic heterocycles. The summed E-state index contributed by atoms with van der Waals surface area (Å²) in [5.41, 5.74) is 0. The van der Waals surface area contributed by atoms with E-state index in [1.165, 1.54) is 25.0 Å². The monoisotopic (exact) mass is 230 g/mol. The fourth-order valence-corrected chi connectivity index (χ4v) is 3.18. The first-order valence-corrected chi connectivity index (χ1v) is 8.56. The van der Waals surface area contributed by atoms with Crippen LogP contribution < -0.4 is 0 Å². The predicted molar refractivity (Wildman–Crippen MR) is 64.3 cm³/mol. The summed E-state index contributed by atoms with van der Waals surface area (Å²) in [4.78, 5) is 10.7. The van der Waals surface area contributed by atoms with Crippen molar-refractivity contribution in [3.63, 3.8) is 0 Å². The molecule has 0 radical (unpaired) electrons. The second-order valence-electron chi connectivity index (χ2n) is 4.08. The zero-order valence-corrected chi connectivity index (χ0v) is 11.0. The summed E-state index contributed by atoms with van der Waals surface area (Å²) in [5, 5.41) is 0. The van der Waals surface area contributed by atoms with Crippen LogP contribution in [0, 0.1) is 0 Å². The van der Waals surface area contributed by atoms with Crippen molar-refractivity contribution in [3.8, 4) is 0 Å². The summed E-state index contributed by atoms with van der Waals surface area (Å²) in [6, 6.07) is 1.17. The average molecular weight is 230 g/mol. The van der Waals surface area contributed by atoms with Crippen molar-refractivity contribution in [2.45, 2.75) is 38.9 Å². The summed E-state index contributed by atoms with van der Waals surface area (Å²) < 4.78 is 10.6. The highest BCUT2D eigenvalue weighted by Crippen LogP contribution is 2.14. The van der Waals surface area contributed by atoms with E-state index in [-0.39, 0.29) is 5.97 Å². The van der Waals surface area contributed by atoms with E-state index in [0.29, 0.717) is 13.2 Å². The van der Waals surface area contributed by atoms with Crippen molar-refractivity contribution in [3.05, 3.63) is 12.7 Å². The van der Waals surface area contributed by atoms with Crippen LogP contribution in [0.2, 0.25) is 19.1 Å². The van der Waals surface area contributed by atoms with E-state index in [9.17, 15) is 4.79 Å². The lowest BCUT2D eigenvalue weighted by Crippen LogP contribution is -2.31.